The number of hydrogen-bond acceptors (Lipinski definition) is 4. The van der Waals surface area contributed by atoms with Crippen LogP contribution < -0.4 is 0 Å². The zero-order valence-corrected chi connectivity index (χ0v) is 11.3. The second-order valence-electron chi connectivity index (χ2n) is 4.51. The van der Waals surface area contributed by atoms with Crippen molar-refractivity contribution >= 4 is 5.97 Å². The van der Waals surface area contributed by atoms with E-state index in [2.05, 4.69) is 18.7 Å². The summed E-state index contributed by atoms with van der Waals surface area (Å²) in [4.78, 5) is 14.1. The van der Waals surface area contributed by atoms with Crippen LogP contribution in [0.3, 0.4) is 0 Å². The van der Waals surface area contributed by atoms with Crippen molar-refractivity contribution in [2.75, 3.05) is 32.9 Å². The molecule has 4 nitrogen and oxygen atoms in total. The number of esters is 1. The van der Waals surface area contributed by atoms with E-state index in [1.807, 2.05) is 6.92 Å². The van der Waals surface area contributed by atoms with E-state index in [1.54, 1.807) is 0 Å². The van der Waals surface area contributed by atoms with Crippen molar-refractivity contribution in [1.82, 2.24) is 4.90 Å². The molecule has 0 aromatic rings. The van der Waals surface area contributed by atoms with Crippen LogP contribution in [0.5, 0.6) is 0 Å². The van der Waals surface area contributed by atoms with Crippen LogP contribution in [0.4, 0.5) is 0 Å². The van der Waals surface area contributed by atoms with E-state index >= 15 is 0 Å². The lowest BCUT2D eigenvalue weighted by Crippen LogP contribution is -2.54. The zero-order valence-electron chi connectivity index (χ0n) is 11.3. The number of rotatable bonds is 6. The van der Waals surface area contributed by atoms with Crippen LogP contribution in [0.2, 0.25) is 0 Å². The number of carbonyl (C=O) groups is 1. The lowest BCUT2D eigenvalue weighted by Gasteiger charge is -2.44. The molecule has 1 aliphatic rings. The normalized spacial score (nSPS) is 18.1. The van der Waals surface area contributed by atoms with Crippen LogP contribution in [-0.4, -0.2) is 49.3 Å². The Morgan fingerprint density at radius 1 is 1.24 bits per heavy atom. The smallest absolute Gasteiger partial charge is 0.307 e. The van der Waals surface area contributed by atoms with Crippen molar-refractivity contribution in [3.05, 3.63) is 0 Å². The van der Waals surface area contributed by atoms with Crippen molar-refractivity contribution in [2.24, 2.45) is 0 Å². The summed E-state index contributed by atoms with van der Waals surface area (Å²) in [6.45, 7) is 9.99. The van der Waals surface area contributed by atoms with Gasteiger partial charge in [0.05, 0.1) is 26.2 Å². The summed E-state index contributed by atoms with van der Waals surface area (Å²) in [5.74, 6) is -0.0808. The number of ether oxygens (including phenoxy) is 2. The Hall–Kier alpha value is -0.610. The second kappa shape index (κ2) is 6.97. The lowest BCUT2D eigenvalue weighted by atomic mass is 9.86. The van der Waals surface area contributed by atoms with Gasteiger partial charge in [0.25, 0.3) is 0 Å². The molecule has 0 N–H and O–H groups in total. The molecule has 0 aliphatic carbocycles. The highest BCUT2D eigenvalue weighted by Gasteiger charge is 2.36. The second-order valence-corrected chi connectivity index (χ2v) is 4.51. The predicted octanol–water partition coefficient (Wildman–Crippen LogP) is 1.83. The quantitative estimate of drug-likeness (QED) is 0.667. The van der Waals surface area contributed by atoms with E-state index in [0.29, 0.717) is 13.0 Å². The number of nitrogens with zero attached hydrogens (tertiary/aromatic N) is 1. The van der Waals surface area contributed by atoms with Gasteiger partial charge >= 0.3 is 5.97 Å². The van der Waals surface area contributed by atoms with Crippen molar-refractivity contribution in [3.63, 3.8) is 0 Å². The summed E-state index contributed by atoms with van der Waals surface area (Å²) >= 11 is 0. The molecule has 17 heavy (non-hydrogen) atoms. The molecule has 1 fully saturated rings. The molecule has 0 saturated carbocycles. The number of morpholine rings is 1. The highest BCUT2D eigenvalue weighted by atomic mass is 16.5. The summed E-state index contributed by atoms with van der Waals surface area (Å²) in [7, 11) is 0. The minimum Gasteiger partial charge on any atom is -0.466 e. The molecule has 0 amide bonds. The summed E-state index contributed by atoms with van der Waals surface area (Å²) < 4.78 is 10.5. The fourth-order valence-electron chi connectivity index (χ4n) is 2.58. The van der Waals surface area contributed by atoms with Crippen LogP contribution in [0, 0.1) is 0 Å². The van der Waals surface area contributed by atoms with E-state index in [9.17, 15) is 4.79 Å². The summed E-state index contributed by atoms with van der Waals surface area (Å²) in [6.07, 6.45) is 2.44. The molecule has 0 aromatic carbocycles. The first-order valence-electron chi connectivity index (χ1n) is 6.67. The third-order valence-corrected chi connectivity index (χ3v) is 3.78. The Kier molecular flexibility index (Phi) is 5.92. The van der Waals surface area contributed by atoms with Gasteiger partial charge in [-0.25, -0.2) is 0 Å². The van der Waals surface area contributed by atoms with Gasteiger partial charge in [0.15, 0.2) is 0 Å². The van der Waals surface area contributed by atoms with Crippen molar-refractivity contribution < 1.29 is 14.3 Å². The van der Waals surface area contributed by atoms with Gasteiger partial charge < -0.3 is 9.47 Å². The van der Waals surface area contributed by atoms with Crippen molar-refractivity contribution in [2.45, 2.75) is 45.6 Å². The standard InChI is InChI=1S/C13H25NO3/c1-4-13(5-2,11-12(15)17-6-3)14-7-9-16-10-8-14/h4-11H2,1-3H3. The molecule has 0 aromatic heterocycles. The molecule has 0 bridgehead atoms. The fraction of sp³-hybridized carbons (Fsp3) is 0.923. The van der Waals surface area contributed by atoms with Crippen LogP contribution in [0.1, 0.15) is 40.0 Å². The van der Waals surface area contributed by atoms with Crippen molar-refractivity contribution in [1.29, 1.82) is 0 Å². The Labute approximate surface area is 104 Å². The third kappa shape index (κ3) is 3.68. The average molecular weight is 243 g/mol. The molecule has 100 valence electrons. The van der Waals surface area contributed by atoms with Gasteiger partial charge in [0.2, 0.25) is 0 Å². The van der Waals surface area contributed by atoms with E-state index < -0.39 is 0 Å². The molecule has 0 radical (unpaired) electrons. The average Bonchev–Trinajstić information content (AvgIpc) is 2.37. The van der Waals surface area contributed by atoms with E-state index in [1.165, 1.54) is 0 Å². The van der Waals surface area contributed by atoms with E-state index in [4.69, 9.17) is 9.47 Å². The van der Waals surface area contributed by atoms with Gasteiger partial charge in [-0.1, -0.05) is 13.8 Å². The fourth-order valence-corrected chi connectivity index (χ4v) is 2.58. The SMILES string of the molecule is CCOC(=O)CC(CC)(CC)N1CCOCC1. The monoisotopic (exact) mass is 243 g/mol. The largest absolute Gasteiger partial charge is 0.466 e. The minimum absolute atomic E-state index is 0.0456. The molecular formula is C13H25NO3. The van der Waals surface area contributed by atoms with Crippen LogP contribution in [0.25, 0.3) is 0 Å². The van der Waals surface area contributed by atoms with Crippen LogP contribution in [-0.2, 0) is 14.3 Å². The maximum atomic E-state index is 11.7. The molecular weight excluding hydrogens is 218 g/mol. The van der Waals surface area contributed by atoms with Crippen LogP contribution in [0.15, 0.2) is 0 Å². The zero-order chi connectivity index (χ0) is 12.7. The van der Waals surface area contributed by atoms with Gasteiger partial charge in [0.1, 0.15) is 0 Å². The highest BCUT2D eigenvalue weighted by molar-refractivity contribution is 5.70. The molecule has 0 atom stereocenters. The Morgan fingerprint density at radius 3 is 2.29 bits per heavy atom. The Balaban J connectivity index is 2.68. The first-order valence-corrected chi connectivity index (χ1v) is 6.67. The maximum absolute atomic E-state index is 11.7. The molecule has 0 unspecified atom stereocenters. The third-order valence-electron chi connectivity index (χ3n) is 3.78. The summed E-state index contributed by atoms with van der Waals surface area (Å²) in [6, 6.07) is 0. The van der Waals surface area contributed by atoms with Gasteiger partial charge in [-0.2, -0.15) is 0 Å². The lowest BCUT2D eigenvalue weighted by molar-refractivity contribution is -0.148. The predicted molar refractivity (Wildman–Crippen MR) is 67.0 cm³/mol. The number of hydrogen-bond donors (Lipinski definition) is 0. The van der Waals surface area contributed by atoms with E-state index in [-0.39, 0.29) is 11.5 Å². The highest BCUT2D eigenvalue weighted by Crippen LogP contribution is 2.29. The summed E-state index contributed by atoms with van der Waals surface area (Å²) in [5, 5.41) is 0. The molecule has 1 rings (SSSR count). The first kappa shape index (κ1) is 14.5. The minimum atomic E-state index is -0.0808. The number of carbonyl (C=O) groups excluding carboxylic acids is 1. The Morgan fingerprint density at radius 2 is 1.82 bits per heavy atom. The van der Waals surface area contributed by atoms with Gasteiger partial charge in [-0.05, 0) is 19.8 Å². The summed E-state index contributed by atoms with van der Waals surface area (Å²) in [5.41, 5.74) is -0.0456. The molecule has 1 aliphatic heterocycles. The van der Waals surface area contributed by atoms with E-state index in [0.717, 1.165) is 39.1 Å². The molecule has 0 spiro atoms. The van der Waals surface area contributed by atoms with Gasteiger partial charge in [-0.3, -0.25) is 9.69 Å². The first-order chi connectivity index (χ1) is 8.18. The Bertz CT molecular complexity index is 233. The van der Waals surface area contributed by atoms with Crippen molar-refractivity contribution in [3.8, 4) is 0 Å². The molecule has 4 heteroatoms. The topological polar surface area (TPSA) is 38.8 Å². The molecule has 1 heterocycles. The maximum Gasteiger partial charge on any atom is 0.307 e. The molecule has 1 saturated heterocycles. The van der Waals surface area contributed by atoms with Gasteiger partial charge in [-0.15, -0.1) is 0 Å². The van der Waals surface area contributed by atoms with Crippen LogP contribution >= 0.6 is 0 Å². The van der Waals surface area contributed by atoms with Gasteiger partial charge in [0, 0.05) is 18.6 Å².